The second-order valence-electron chi connectivity index (χ2n) is 5.32. The Balaban J connectivity index is 2.24. The summed E-state index contributed by atoms with van der Waals surface area (Å²) in [5, 5.41) is 12.8. The number of nitrogens with one attached hydrogen (secondary N) is 1. The molecule has 0 saturated carbocycles. The maximum atomic E-state index is 13.3. The number of rotatable bonds is 4. The van der Waals surface area contributed by atoms with Crippen molar-refractivity contribution in [1.29, 1.82) is 5.26 Å². The first kappa shape index (κ1) is 17.5. The molecule has 26 heavy (non-hydrogen) atoms. The minimum Gasteiger partial charge on any atom is -0.497 e. The van der Waals surface area contributed by atoms with E-state index in [0.29, 0.717) is 22.3 Å². The molecule has 0 atom stereocenters. The number of benzene rings is 2. The molecule has 0 radical (unpaired) electrons. The molecule has 1 aromatic heterocycles. The van der Waals surface area contributed by atoms with Gasteiger partial charge in [-0.25, -0.2) is 9.37 Å². The molecule has 0 aliphatic carbocycles. The molecule has 6 nitrogen and oxygen atoms in total. The van der Waals surface area contributed by atoms with Crippen LogP contribution < -0.4 is 15.8 Å². The first-order chi connectivity index (χ1) is 12.4. The summed E-state index contributed by atoms with van der Waals surface area (Å²) in [6.07, 6.45) is 0. The van der Waals surface area contributed by atoms with E-state index in [1.54, 1.807) is 18.2 Å². The fourth-order valence-electron chi connectivity index (χ4n) is 2.54. The number of nitriles is 1. The fourth-order valence-corrected chi connectivity index (χ4v) is 2.72. The molecule has 0 bridgehead atoms. The summed E-state index contributed by atoms with van der Waals surface area (Å²) in [6, 6.07) is 10.8. The van der Waals surface area contributed by atoms with Gasteiger partial charge in [0.1, 0.15) is 29.0 Å². The Bertz CT molecular complexity index is 1080. The summed E-state index contributed by atoms with van der Waals surface area (Å²) in [6.45, 7) is 0. The lowest BCUT2D eigenvalue weighted by molar-refractivity contribution is 0.100. The van der Waals surface area contributed by atoms with Crippen molar-refractivity contribution in [2.75, 3.05) is 12.4 Å². The van der Waals surface area contributed by atoms with Gasteiger partial charge in [0.05, 0.1) is 23.2 Å². The van der Waals surface area contributed by atoms with E-state index in [-0.39, 0.29) is 22.0 Å². The highest BCUT2D eigenvalue weighted by molar-refractivity contribution is 6.31. The number of anilines is 2. The molecule has 0 aliphatic heterocycles. The number of halogens is 2. The Morgan fingerprint density at radius 3 is 2.73 bits per heavy atom. The normalized spacial score (nSPS) is 10.4. The topological polar surface area (TPSA) is 101 Å². The number of carbonyl (C=O) groups excluding carboxylic acids is 1. The number of amides is 1. The van der Waals surface area contributed by atoms with Crippen molar-refractivity contribution in [1.82, 2.24) is 4.98 Å². The third-order valence-electron chi connectivity index (χ3n) is 3.73. The lowest BCUT2D eigenvalue weighted by Gasteiger charge is -2.13. The Hall–Kier alpha value is -3.37. The third-order valence-corrected chi connectivity index (χ3v) is 4.02. The van der Waals surface area contributed by atoms with Gasteiger partial charge in [-0.15, -0.1) is 0 Å². The van der Waals surface area contributed by atoms with Crippen molar-refractivity contribution in [3.8, 4) is 11.8 Å². The molecule has 2 aromatic carbocycles. The zero-order chi connectivity index (χ0) is 18.8. The number of nitrogens with two attached hydrogens (primary N) is 1. The molecule has 0 saturated heterocycles. The van der Waals surface area contributed by atoms with Gasteiger partial charge >= 0.3 is 0 Å². The van der Waals surface area contributed by atoms with E-state index in [2.05, 4.69) is 10.3 Å². The van der Waals surface area contributed by atoms with Crippen LogP contribution in [-0.4, -0.2) is 18.0 Å². The van der Waals surface area contributed by atoms with Crippen LogP contribution in [0.1, 0.15) is 15.9 Å². The van der Waals surface area contributed by atoms with E-state index in [9.17, 15) is 14.4 Å². The van der Waals surface area contributed by atoms with Gasteiger partial charge < -0.3 is 15.8 Å². The number of methoxy groups -OCH3 is 1. The molecular formula is C18H12ClFN4O2. The molecule has 0 unspecified atom stereocenters. The Morgan fingerprint density at radius 2 is 2.12 bits per heavy atom. The molecule has 1 amide bonds. The summed E-state index contributed by atoms with van der Waals surface area (Å²) < 4.78 is 18.5. The first-order valence-corrected chi connectivity index (χ1v) is 7.76. The van der Waals surface area contributed by atoms with Crippen LogP contribution in [0.4, 0.5) is 15.9 Å². The average molecular weight is 371 g/mol. The van der Waals surface area contributed by atoms with E-state index in [0.717, 1.165) is 0 Å². The average Bonchev–Trinajstić information content (AvgIpc) is 2.62. The summed E-state index contributed by atoms with van der Waals surface area (Å²) in [7, 11) is 1.50. The molecule has 3 aromatic rings. The smallest absolute Gasteiger partial charge is 0.250 e. The fraction of sp³-hybridized carbons (Fsp3) is 0.0556. The lowest BCUT2D eigenvalue weighted by Crippen LogP contribution is -2.15. The maximum absolute atomic E-state index is 13.3. The minimum absolute atomic E-state index is 0.0179. The summed E-state index contributed by atoms with van der Waals surface area (Å²) >= 11 is 5.78. The van der Waals surface area contributed by atoms with Crippen LogP contribution in [0.15, 0.2) is 36.4 Å². The molecule has 0 aliphatic rings. The van der Waals surface area contributed by atoms with E-state index in [4.69, 9.17) is 22.1 Å². The number of ether oxygens (including phenoxy) is 1. The SMILES string of the molecule is COc1ccc2c(C(N)=O)c(C#N)c(Nc3ccc(F)c(Cl)c3)nc2c1. The summed E-state index contributed by atoms with van der Waals surface area (Å²) in [5.41, 5.74) is 6.32. The van der Waals surface area contributed by atoms with Gasteiger partial charge in [-0.05, 0) is 30.3 Å². The van der Waals surface area contributed by atoms with Crippen molar-refractivity contribution in [2.45, 2.75) is 0 Å². The highest BCUT2D eigenvalue weighted by Crippen LogP contribution is 2.31. The van der Waals surface area contributed by atoms with Crippen LogP contribution in [0.5, 0.6) is 5.75 Å². The number of hydrogen-bond acceptors (Lipinski definition) is 5. The second kappa shape index (κ2) is 6.86. The summed E-state index contributed by atoms with van der Waals surface area (Å²) in [4.78, 5) is 16.4. The molecule has 0 fully saturated rings. The second-order valence-corrected chi connectivity index (χ2v) is 5.73. The number of nitrogens with zero attached hydrogens (tertiary/aromatic N) is 2. The van der Waals surface area contributed by atoms with Crippen molar-refractivity contribution in [3.05, 3.63) is 58.4 Å². The minimum atomic E-state index is -0.765. The van der Waals surface area contributed by atoms with Gasteiger partial charge in [0, 0.05) is 17.1 Å². The molecule has 3 rings (SSSR count). The highest BCUT2D eigenvalue weighted by atomic mass is 35.5. The maximum Gasteiger partial charge on any atom is 0.250 e. The van der Waals surface area contributed by atoms with Crippen LogP contribution in [0, 0.1) is 17.1 Å². The lowest BCUT2D eigenvalue weighted by atomic mass is 10.0. The van der Waals surface area contributed by atoms with E-state index in [1.807, 2.05) is 6.07 Å². The van der Waals surface area contributed by atoms with Crippen molar-refractivity contribution in [2.24, 2.45) is 5.73 Å². The number of aromatic nitrogens is 1. The van der Waals surface area contributed by atoms with Crippen LogP contribution >= 0.6 is 11.6 Å². The monoisotopic (exact) mass is 370 g/mol. The molecular weight excluding hydrogens is 359 g/mol. The largest absolute Gasteiger partial charge is 0.497 e. The van der Waals surface area contributed by atoms with Crippen LogP contribution in [0.25, 0.3) is 10.9 Å². The summed E-state index contributed by atoms with van der Waals surface area (Å²) in [5.74, 6) is -0.711. The molecule has 3 N–H and O–H groups in total. The zero-order valence-electron chi connectivity index (χ0n) is 13.5. The first-order valence-electron chi connectivity index (χ1n) is 7.38. The molecule has 0 spiro atoms. The predicted molar refractivity (Wildman–Crippen MR) is 96.2 cm³/mol. The number of fused-ring (bicyclic) bond motifs is 1. The molecule has 1 heterocycles. The Labute approximate surface area is 153 Å². The van der Waals surface area contributed by atoms with E-state index >= 15 is 0 Å². The van der Waals surface area contributed by atoms with Crippen LogP contribution in [0.2, 0.25) is 5.02 Å². The van der Waals surface area contributed by atoms with Crippen molar-refractivity contribution >= 4 is 39.9 Å². The quantitative estimate of drug-likeness (QED) is 0.728. The Kier molecular flexibility index (Phi) is 4.61. The van der Waals surface area contributed by atoms with Gasteiger partial charge in [-0.3, -0.25) is 4.79 Å². The van der Waals surface area contributed by atoms with Gasteiger partial charge in [-0.2, -0.15) is 5.26 Å². The zero-order valence-corrected chi connectivity index (χ0v) is 14.3. The van der Waals surface area contributed by atoms with Crippen molar-refractivity contribution in [3.63, 3.8) is 0 Å². The number of pyridine rings is 1. The standard InChI is InChI=1S/C18H12ClFN4O2/c1-26-10-3-4-11-15(7-10)24-18(12(8-21)16(11)17(22)25)23-9-2-5-14(20)13(19)6-9/h2-7H,1H3,(H2,22,25)(H,23,24). The van der Waals surface area contributed by atoms with Crippen molar-refractivity contribution < 1.29 is 13.9 Å². The Morgan fingerprint density at radius 1 is 1.35 bits per heavy atom. The number of primary amides is 1. The van der Waals surface area contributed by atoms with Crippen LogP contribution in [0.3, 0.4) is 0 Å². The number of carbonyl (C=O) groups is 1. The third kappa shape index (κ3) is 3.10. The van der Waals surface area contributed by atoms with E-state index in [1.165, 1.54) is 25.3 Å². The molecule has 8 heteroatoms. The van der Waals surface area contributed by atoms with Gasteiger partial charge in [0.2, 0.25) is 0 Å². The number of hydrogen-bond donors (Lipinski definition) is 2. The van der Waals surface area contributed by atoms with Gasteiger partial charge in [-0.1, -0.05) is 11.6 Å². The van der Waals surface area contributed by atoms with Gasteiger partial charge in [0.25, 0.3) is 5.91 Å². The predicted octanol–water partition coefficient (Wildman–Crippen LogP) is 3.75. The van der Waals surface area contributed by atoms with E-state index < -0.39 is 11.7 Å². The molecule has 130 valence electrons. The highest BCUT2D eigenvalue weighted by Gasteiger charge is 2.20. The van der Waals surface area contributed by atoms with Gasteiger partial charge in [0.15, 0.2) is 0 Å². The van der Waals surface area contributed by atoms with Crippen LogP contribution in [-0.2, 0) is 0 Å².